The SMILES string of the molecule is ON(O)c1ccccc1COc1ccccc1. The van der Waals surface area contributed by atoms with Crippen molar-refractivity contribution < 1.29 is 15.2 Å². The zero-order chi connectivity index (χ0) is 12.1. The predicted octanol–water partition coefficient (Wildman–Crippen LogP) is 2.85. The Bertz CT molecular complexity index is 471. The quantitative estimate of drug-likeness (QED) is 0.794. The number of hydrogen-bond acceptors (Lipinski definition) is 4. The molecule has 0 bridgehead atoms. The summed E-state index contributed by atoms with van der Waals surface area (Å²) in [7, 11) is 0. The normalized spacial score (nSPS) is 10.0. The molecule has 2 aromatic rings. The Morgan fingerprint density at radius 1 is 0.882 bits per heavy atom. The van der Waals surface area contributed by atoms with E-state index in [0.717, 1.165) is 5.75 Å². The lowest BCUT2D eigenvalue weighted by Crippen LogP contribution is -2.14. The second kappa shape index (κ2) is 5.34. The van der Waals surface area contributed by atoms with Crippen LogP contribution in [-0.2, 0) is 6.61 Å². The standard InChI is InChI=1S/C13H13NO3/c15-14(16)13-9-5-4-6-11(13)10-17-12-7-2-1-3-8-12/h1-9,15-16H,10H2. The molecule has 2 rings (SSSR count). The van der Waals surface area contributed by atoms with Crippen LogP contribution in [0.4, 0.5) is 5.69 Å². The van der Waals surface area contributed by atoms with Crippen LogP contribution in [0.2, 0.25) is 0 Å². The maximum absolute atomic E-state index is 9.04. The van der Waals surface area contributed by atoms with Gasteiger partial charge in [-0.25, -0.2) is 0 Å². The van der Waals surface area contributed by atoms with E-state index in [-0.39, 0.29) is 11.8 Å². The van der Waals surface area contributed by atoms with Crippen molar-refractivity contribution in [2.24, 2.45) is 0 Å². The van der Waals surface area contributed by atoms with Crippen LogP contribution in [0.3, 0.4) is 0 Å². The Morgan fingerprint density at radius 3 is 2.24 bits per heavy atom. The molecule has 0 atom stereocenters. The Labute approximate surface area is 99.2 Å². The maximum Gasteiger partial charge on any atom is 0.119 e. The van der Waals surface area contributed by atoms with Crippen molar-refractivity contribution in [1.82, 2.24) is 0 Å². The molecule has 88 valence electrons. The lowest BCUT2D eigenvalue weighted by atomic mass is 10.2. The molecule has 0 aliphatic carbocycles. The van der Waals surface area contributed by atoms with Crippen molar-refractivity contribution >= 4 is 5.69 Å². The van der Waals surface area contributed by atoms with Gasteiger partial charge < -0.3 is 4.74 Å². The number of anilines is 1. The average Bonchev–Trinajstić information content (AvgIpc) is 2.38. The first kappa shape index (κ1) is 11.4. The molecule has 0 spiro atoms. The van der Waals surface area contributed by atoms with E-state index in [1.54, 1.807) is 18.2 Å². The number of rotatable bonds is 4. The molecule has 17 heavy (non-hydrogen) atoms. The summed E-state index contributed by atoms with van der Waals surface area (Å²) in [6.07, 6.45) is 0. The highest BCUT2D eigenvalue weighted by Crippen LogP contribution is 2.20. The molecule has 0 amide bonds. The molecule has 0 aliphatic heterocycles. The Kier molecular flexibility index (Phi) is 3.59. The van der Waals surface area contributed by atoms with Crippen LogP contribution in [0.15, 0.2) is 54.6 Å². The van der Waals surface area contributed by atoms with Gasteiger partial charge >= 0.3 is 0 Å². The third-order valence-corrected chi connectivity index (χ3v) is 2.34. The molecular weight excluding hydrogens is 218 g/mol. The van der Waals surface area contributed by atoms with Crippen LogP contribution in [0.5, 0.6) is 5.75 Å². The fraction of sp³-hybridized carbons (Fsp3) is 0.0769. The number of para-hydroxylation sites is 2. The summed E-state index contributed by atoms with van der Waals surface area (Å²) in [5.41, 5.74) is 1.00. The van der Waals surface area contributed by atoms with E-state index in [0.29, 0.717) is 11.3 Å². The number of nitrogens with zero attached hydrogens (tertiary/aromatic N) is 1. The van der Waals surface area contributed by atoms with Gasteiger partial charge in [0.05, 0.1) is 0 Å². The lowest BCUT2D eigenvalue weighted by Gasteiger charge is -2.13. The predicted molar refractivity (Wildman–Crippen MR) is 63.3 cm³/mol. The third-order valence-electron chi connectivity index (χ3n) is 2.34. The highest BCUT2D eigenvalue weighted by atomic mass is 16.8. The van der Waals surface area contributed by atoms with E-state index in [4.69, 9.17) is 15.2 Å². The first-order valence-electron chi connectivity index (χ1n) is 5.21. The molecule has 0 aromatic heterocycles. The van der Waals surface area contributed by atoms with Crippen molar-refractivity contribution in [3.63, 3.8) is 0 Å². The van der Waals surface area contributed by atoms with Crippen molar-refractivity contribution in [2.45, 2.75) is 6.61 Å². The zero-order valence-corrected chi connectivity index (χ0v) is 9.15. The summed E-state index contributed by atoms with van der Waals surface area (Å²) < 4.78 is 5.53. The molecule has 0 saturated heterocycles. The minimum atomic E-state index is 0.101. The van der Waals surface area contributed by atoms with Crippen molar-refractivity contribution in [1.29, 1.82) is 0 Å². The highest BCUT2D eigenvalue weighted by molar-refractivity contribution is 5.49. The van der Waals surface area contributed by atoms with Crippen LogP contribution in [0, 0.1) is 0 Å². The van der Waals surface area contributed by atoms with E-state index in [2.05, 4.69) is 0 Å². The molecule has 0 unspecified atom stereocenters. The van der Waals surface area contributed by atoms with E-state index in [1.807, 2.05) is 36.4 Å². The minimum absolute atomic E-state index is 0.101. The first-order valence-corrected chi connectivity index (χ1v) is 5.21. The molecule has 2 N–H and O–H groups in total. The fourth-order valence-corrected chi connectivity index (χ4v) is 1.51. The van der Waals surface area contributed by atoms with Crippen LogP contribution in [-0.4, -0.2) is 10.4 Å². The fourth-order valence-electron chi connectivity index (χ4n) is 1.51. The lowest BCUT2D eigenvalue weighted by molar-refractivity contribution is 0.0282. The van der Waals surface area contributed by atoms with Gasteiger partial charge in [0.1, 0.15) is 18.0 Å². The van der Waals surface area contributed by atoms with Gasteiger partial charge in [-0.15, -0.1) is 5.23 Å². The first-order chi connectivity index (χ1) is 8.27. The second-order valence-electron chi connectivity index (χ2n) is 3.52. The van der Waals surface area contributed by atoms with Crippen LogP contribution in [0.1, 0.15) is 5.56 Å². The summed E-state index contributed by atoms with van der Waals surface area (Å²) in [6.45, 7) is 0.276. The molecule has 0 radical (unpaired) electrons. The summed E-state index contributed by atoms with van der Waals surface area (Å²) in [5.74, 6) is 0.740. The van der Waals surface area contributed by atoms with E-state index >= 15 is 0 Å². The molecule has 0 heterocycles. The molecule has 0 fully saturated rings. The van der Waals surface area contributed by atoms with Crippen molar-refractivity contribution in [2.75, 3.05) is 5.23 Å². The second-order valence-corrected chi connectivity index (χ2v) is 3.52. The van der Waals surface area contributed by atoms with Gasteiger partial charge in [0.15, 0.2) is 0 Å². The smallest absolute Gasteiger partial charge is 0.119 e. The molecule has 4 heteroatoms. The molecule has 0 aliphatic rings. The minimum Gasteiger partial charge on any atom is -0.489 e. The summed E-state index contributed by atoms with van der Waals surface area (Å²) >= 11 is 0. The monoisotopic (exact) mass is 231 g/mol. The van der Waals surface area contributed by atoms with Crippen molar-refractivity contribution in [3.05, 3.63) is 60.2 Å². The largest absolute Gasteiger partial charge is 0.489 e. The van der Waals surface area contributed by atoms with Gasteiger partial charge in [-0.2, -0.15) is 0 Å². The summed E-state index contributed by atoms with van der Waals surface area (Å²) in [6, 6.07) is 16.3. The molecule has 0 saturated carbocycles. The summed E-state index contributed by atoms with van der Waals surface area (Å²) in [5, 5.41) is 18.2. The van der Waals surface area contributed by atoms with Crippen LogP contribution >= 0.6 is 0 Å². The molecule has 4 nitrogen and oxygen atoms in total. The van der Waals surface area contributed by atoms with Gasteiger partial charge in [0.25, 0.3) is 0 Å². The zero-order valence-electron chi connectivity index (χ0n) is 9.15. The number of benzene rings is 2. The third kappa shape index (κ3) is 2.96. The van der Waals surface area contributed by atoms with E-state index < -0.39 is 0 Å². The van der Waals surface area contributed by atoms with Gasteiger partial charge in [-0.1, -0.05) is 36.4 Å². The van der Waals surface area contributed by atoms with E-state index in [9.17, 15) is 0 Å². The van der Waals surface area contributed by atoms with Crippen LogP contribution < -0.4 is 9.96 Å². The summed E-state index contributed by atoms with van der Waals surface area (Å²) in [4.78, 5) is 0. The van der Waals surface area contributed by atoms with Gasteiger partial charge in [-0.3, -0.25) is 10.4 Å². The highest BCUT2D eigenvalue weighted by Gasteiger charge is 2.06. The topological polar surface area (TPSA) is 52.9 Å². The Hall–Kier alpha value is -2.04. The van der Waals surface area contributed by atoms with Gasteiger partial charge in [0, 0.05) is 5.56 Å². The van der Waals surface area contributed by atoms with Gasteiger partial charge in [0.2, 0.25) is 0 Å². The maximum atomic E-state index is 9.04. The van der Waals surface area contributed by atoms with E-state index in [1.165, 1.54) is 0 Å². The van der Waals surface area contributed by atoms with Crippen LogP contribution in [0.25, 0.3) is 0 Å². The number of ether oxygens (including phenoxy) is 1. The average molecular weight is 231 g/mol. The molecule has 2 aromatic carbocycles. The molecular formula is C13H13NO3. The van der Waals surface area contributed by atoms with Gasteiger partial charge in [-0.05, 0) is 18.2 Å². The Balaban J connectivity index is 2.09. The Morgan fingerprint density at radius 2 is 1.53 bits per heavy atom. The van der Waals surface area contributed by atoms with Crippen molar-refractivity contribution in [3.8, 4) is 5.75 Å². The number of hydrogen-bond donors (Lipinski definition) is 2.